The van der Waals surface area contributed by atoms with Crippen molar-refractivity contribution in [1.29, 1.82) is 0 Å². The molecule has 0 atom stereocenters. The lowest BCUT2D eigenvalue weighted by Gasteiger charge is -2.09. The fourth-order valence-electron chi connectivity index (χ4n) is 5.92. The van der Waals surface area contributed by atoms with Crippen LogP contribution in [0.3, 0.4) is 0 Å². The van der Waals surface area contributed by atoms with Gasteiger partial charge in [0.15, 0.2) is 0 Å². The molecule has 0 aliphatic rings. The lowest BCUT2D eigenvalue weighted by atomic mass is 9.95. The molecular formula is C40H25ClS. The maximum Gasteiger partial charge on any atom is 0.0433 e. The van der Waals surface area contributed by atoms with Crippen LogP contribution in [0.15, 0.2) is 152 Å². The zero-order valence-corrected chi connectivity index (χ0v) is 24.3. The molecule has 0 saturated heterocycles. The van der Waals surface area contributed by atoms with Crippen LogP contribution in [0, 0.1) is 0 Å². The number of thiophene rings is 1. The van der Waals surface area contributed by atoms with Crippen molar-refractivity contribution in [3.05, 3.63) is 157 Å². The van der Waals surface area contributed by atoms with Crippen LogP contribution in [-0.4, -0.2) is 0 Å². The molecule has 8 aromatic rings. The Bertz CT molecular complexity index is 2220. The van der Waals surface area contributed by atoms with Crippen molar-refractivity contribution in [3.63, 3.8) is 0 Å². The standard InChI is InChI=1S/C40H25ClS/c41-35-22-20-27(21-23-35)26-8-10-28(11-9-26)32-18-14-30-15-19-33(25-34(30)24-32)29-12-16-31(17-13-29)36-5-3-6-38-37-4-1-2-7-39(37)42-40(36)38/h1-25H. The van der Waals surface area contributed by atoms with Gasteiger partial charge in [0, 0.05) is 25.2 Å². The van der Waals surface area contributed by atoms with E-state index in [0.29, 0.717) is 0 Å². The second kappa shape index (κ2) is 10.3. The quantitative estimate of drug-likeness (QED) is 0.197. The predicted molar refractivity (Wildman–Crippen MR) is 184 cm³/mol. The van der Waals surface area contributed by atoms with Crippen LogP contribution >= 0.6 is 22.9 Å². The van der Waals surface area contributed by atoms with Crippen LogP contribution < -0.4 is 0 Å². The highest BCUT2D eigenvalue weighted by atomic mass is 35.5. The van der Waals surface area contributed by atoms with E-state index in [9.17, 15) is 0 Å². The summed E-state index contributed by atoms with van der Waals surface area (Å²) in [5, 5.41) is 5.91. The minimum Gasteiger partial charge on any atom is -0.135 e. The van der Waals surface area contributed by atoms with Gasteiger partial charge in [0.2, 0.25) is 0 Å². The van der Waals surface area contributed by atoms with Crippen LogP contribution in [0.25, 0.3) is 75.5 Å². The van der Waals surface area contributed by atoms with Crippen LogP contribution in [0.5, 0.6) is 0 Å². The van der Waals surface area contributed by atoms with Crippen molar-refractivity contribution < 1.29 is 0 Å². The topological polar surface area (TPSA) is 0 Å². The molecule has 0 nitrogen and oxygen atoms in total. The van der Waals surface area contributed by atoms with E-state index < -0.39 is 0 Å². The summed E-state index contributed by atoms with van der Waals surface area (Å²) in [7, 11) is 0. The van der Waals surface area contributed by atoms with Crippen molar-refractivity contribution in [1.82, 2.24) is 0 Å². The summed E-state index contributed by atoms with van der Waals surface area (Å²) < 4.78 is 2.69. The monoisotopic (exact) mass is 572 g/mol. The number of halogens is 1. The number of fused-ring (bicyclic) bond motifs is 4. The van der Waals surface area contributed by atoms with E-state index in [1.807, 2.05) is 23.5 Å². The lowest BCUT2D eigenvalue weighted by Crippen LogP contribution is -1.84. The first-order valence-electron chi connectivity index (χ1n) is 14.1. The Kier molecular flexibility index (Phi) is 6.14. The van der Waals surface area contributed by atoms with Gasteiger partial charge in [-0.3, -0.25) is 0 Å². The van der Waals surface area contributed by atoms with Crippen LogP contribution in [0.1, 0.15) is 0 Å². The summed E-state index contributed by atoms with van der Waals surface area (Å²) in [5.74, 6) is 0. The fraction of sp³-hybridized carbons (Fsp3) is 0. The molecule has 0 aliphatic heterocycles. The number of hydrogen-bond donors (Lipinski definition) is 0. The van der Waals surface area contributed by atoms with Gasteiger partial charge in [-0.15, -0.1) is 11.3 Å². The second-order valence-corrected chi connectivity index (χ2v) is 12.2. The summed E-state index contributed by atoms with van der Waals surface area (Å²) >= 11 is 7.95. The van der Waals surface area contributed by atoms with Gasteiger partial charge < -0.3 is 0 Å². The molecule has 1 aromatic heterocycles. The largest absolute Gasteiger partial charge is 0.135 e. The first-order valence-corrected chi connectivity index (χ1v) is 15.3. The van der Waals surface area contributed by atoms with Gasteiger partial charge in [-0.05, 0) is 85.6 Å². The van der Waals surface area contributed by atoms with E-state index in [1.54, 1.807) is 0 Å². The molecule has 0 saturated carbocycles. The lowest BCUT2D eigenvalue weighted by molar-refractivity contribution is 1.60. The van der Waals surface area contributed by atoms with Crippen molar-refractivity contribution in [2.45, 2.75) is 0 Å². The molecule has 198 valence electrons. The molecule has 0 radical (unpaired) electrons. The number of benzene rings is 7. The minimum absolute atomic E-state index is 0.756. The van der Waals surface area contributed by atoms with Gasteiger partial charge in [0.05, 0.1) is 0 Å². The third kappa shape index (κ3) is 4.48. The molecule has 0 amide bonds. The molecule has 1 heterocycles. The molecule has 7 aromatic carbocycles. The summed E-state index contributed by atoms with van der Waals surface area (Å²) in [4.78, 5) is 0. The Labute approximate surface area is 254 Å². The van der Waals surface area contributed by atoms with Crippen LogP contribution in [-0.2, 0) is 0 Å². The molecule has 2 heteroatoms. The molecule has 8 rings (SSSR count). The maximum atomic E-state index is 6.07. The van der Waals surface area contributed by atoms with E-state index in [0.717, 1.165) is 5.02 Å². The van der Waals surface area contributed by atoms with Crippen LogP contribution in [0.4, 0.5) is 0 Å². The van der Waals surface area contributed by atoms with E-state index in [-0.39, 0.29) is 0 Å². The first-order chi connectivity index (χ1) is 20.7. The average Bonchev–Trinajstić information content (AvgIpc) is 3.44. The molecule has 0 fully saturated rings. The SMILES string of the molecule is Clc1ccc(-c2ccc(-c3ccc4ccc(-c5ccc(-c6cccc7c6sc6ccccc67)cc5)cc4c3)cc2)cc1. The van der Waals surface area contributed by atoms with Gasteiger partial charge in [-0.25, -0.2) is 0 Å². The molecule has 0 aliphatic carbocycles. The predicted octanol–water partition coefficient (Wildman–Crippen LogP) is 12.5. The third-order valence-electron chi connectivity index (χ3n) is 8.17. The van der Waals surface area contributed by atoms with Crippen molar-refractivity contribution in [2.75, 3.05) is 0 Å². The van der Waals surface area contributed by atoms with Gasteiger partial charge in [0.1, 0.15) is 0 Å². The van der Waals surface area contributed by atoms with Crippen molar-refractivity contribution >= 4 is 53.9 Å². The Hall–Kier alpha value is -4.69. The highest BCUT2D eigenvalue weighted by molar-refractivity contribution is 7.26. The smallest absolute Gasteiger partial charge is 0.0433 e. The molecule has 0 bridgehead atoms. The van der Waals surface area contributed by atoms with Crippen LogP contribution in [0.2, 0.25) is 5.02 Å². The Morgan fingerprint density at radius 2 is 0.881 bits per heavy atom. The highest BCUT2D eigenvalue weighted by Gasteiger charge is 2.11. The third-order valence-corrected chi connectivity index (χ3v) is 9.64. The number of rotatable bonds is 4. The minimum atomic E-state index is 0.756. The van der Waals surface area contributed by atoms with Gasteiger partial charge in [-0.2, -0.15) is 0 Å². The van der Waals surface area contributed by atoms with Gasteiger partial charge >= 0.3 is 0 Å². The van der Waals surface area contributed by atoms with Crippen molar-refractivity contribution in [2.24, 2.45) is 0 Å². The molecule has 0 spiro atoms. The molecule has 42 heavy (non-hydrogen) atoms. The van der Waals surface area contributed by atoms with Crippen molar-refractivity contribution in [3.8, 4) is 44.5 Å². The summed E-state index contributed by atoms with van der Waals surface area (Å²) in [5.41, 5.74) is 9.78. The Balaban J connectivity index is 1.10. The van der Waals surface area contributed by atoms with E-state index >= 15 is 0 Å². The average molecular weight is 573 g/mol. The molecule has 0 N–H and O–H groups in total. The molecular weight excluding hydrogens is 548 g/mol. The Morgan fingerprint density at radius 1 is 0.381 bits per heavy atom. The normalized spacial score (nSPS) is 11.5. The highest BCUT2D eigenvalue weighted by Crippen LogP contribution is 2.40. The van der Waals surface area contributed by atoms with E-state index in [2.05, 4.69) is 140 Å². The second-order valence-electron chi connectivity index (χ2n) is 10.7. The first kappa shape index (κ1) is 25.1. The molecule has 0 unspecified atom stereocenters. The number of hydrogen-bond acceptors (Lipinski definition) is 1. The zero-order valence-electron chi connectivity index (χ0n) is 22.7. The fourth-order valence-corrected chi connectivity index (χ4v) is 7.28. The van der Waals surface area contributed by atoms with Gasteiger partial charge in [-0.1, -0.05) is 133 Å². The maximum absolute atomic E-state index is 6.07. The zero-order chi connectivity index (χ0) is 28.0. The van der Waals surface area contributed by atoms with Gasteiger partial charge in [0.25, 0.3) is 0 Å². The van der Waals surface area contributed by atoms with E-state index in [4.69, 9.17) is 11.6 Å². The van der Waals surface area contributed by atoms with E-state index in [1.165, 1.54) is 75.5 Å². The summed E-state index contributed by atoms with van der Waals surface area (Å²) in [6, 6.07) is 54.6. The Morgan fingerprint density at radius 3 is 1.52 bits per heavy atom. The summed E-state index contributed by atoms with van der Waals surface area (Å²) in [6.07, 6.45) is 0. The summed E-state index contributed by atoms with van der Waals surface area (Å²) in [6.45, 7) is 0.